The Morgan fingerprint density at radius 3 is 2.71 bits per heavy atom. The van der Waals surface area contributed by atoms with Crippen molar-refractivity contribution in [2.24, 2.45) is 10.7 Å². The molecule has 4 nitrogen and oxygen atoms in total. The van der Waals surface area contributed by atoms with Gasteiger partial charge in [-0.05, 0) is 6.07 Å². The van der Waals surface area contributed by atoms with Crippen molar-refractivity contribution in [1.29, 1.82) is 0 Å². The Morgan fingerprint density at radius 1 is 1.43 bits per heavy atom. The maximum absolute atomic E-state index is 10.8. The summed E-state index contributed by atoms with van der Waals surface area (Å²) in [7, 11) is 0. The smallest absolute Gasteiger partial charge is 0.431 e. The Hall–Kier alpha value is -1.36. The normalized spacial score (nSPS) is 20.5. The Kier molecular flexibility index (Phi) is 2.25. The molecule has 1 heterocycles. The van der Waals surface area contributed by atoms with Crippen LogP contribution in [0.15, 0.2) is 33.7 Å². The number of benzene rings is 1. The maximum Gasteiger partial charge on any atom is 0.436 e. The fourth-order valence-electron chi connectivity index (χ4n) is 1.26. The topological polar surface area (TPSA) is 64.7 Å². The van der Waals surface area contributed by atoms with Gasteiger partial charge in [0.05, 0.1) is 0 Å². The molecule has 72 valence electrons. The summed E-state index contributed by atoms with van der Waals surface area (Å²) in [6, 6.07) is 7.40. The zero-order valence-corrected chi connectivity index (χ0v) is 8.69. The van der Waals surface area contributed by atoms with Gasteiger partial charge in [-0.3, -0.25) is 0 Å². The van der Waals surface area contributed by atoms with Gasteiger partial charge < -0.3 is 10.5 Å². The Morgan fingerprint density at radius 2 is 2.14 bits per heavy atom. The summed E-state index contributed by atoms with van der Waals surface area (Å²) in [5, 5.41) is 0. The van der Waals surface area contributed by atoms with E-state index >= 15 is 0 Å². The molecule has 2 N–H and O–H groups in total. The molecule has 0 saturated heterocycles. The molecule has 0 aromatic heterocycles. The molecule has 0 fully saturated rings. The quantitative estimate of drug-likeness (QED) is 0.834. The summed E-state index contributed by atoms with van der Waals surface area (Å²) in [5.74, 6) is 0.196. The second-order valence-electron chi connectivity index (χ2n) is 2.82. The molecule has 1 aliphatic heterocycles. The van der Waals surface area contributed by atoms with Crippen LogP contribution in [0, 0.1) is 0 Å². The number of nitrogens with zero attached hydrogens (tertiary/aromatic N) is 1. The van der Waals surface area contributed by atoms with E-state index in [0.717, 1.165) is 10.0 Å². The van der Waals surface area contributed by atoms with Gasteiger partial charge in [-0.2, -0.15) is 4.99 Å². The van der Waals surface area contributed by atoms with Crippen molar-refractivity contribution < 1.29 is 9.53 Å². The van der Waals surface area contributed by atoms with Crippen LogP contribution in [0.5, 0.6) is 0 Å². The van der Waals surface area contributed by atoms with Crippen molar-refractivity contribution >= 4 is 27.9 Å². The number of cyclic esters (lactones) is 1. The molecule has 2 rings (SSSR count). The highest BCUT2D eigenvalue weighted by Crippen LogP contribution is 2.28. The number of ether oxygens (including phenoxy) is 1. The highest BCUT2D eigenvalue weighted by molar-refractivity contribution is 9.10. The molecule has 1 aromatic carbocycles. The summed E-state index contributed by atoms with van der Waals surface area (Å²) < 4.78 is 5.79. The fraction of sp³-hybridized carbons (Fsp3) is 0.111. The van der Waals surface area contributed by atoms with Crippen LogP contribution in [0.3, 0.4) is 0 Å². The SMILES string of the molecule is NC1=NC(=O)OC1c1ccccc1Br. The molecule has 1 aliphatic rings. The van der Waals surface area contributed by atoms with Crippen LogP contribution in [0.2, 0.25) is 0 Å². The van der Waals surface area contributed by atoms with E-state index in [1.807, 2.05) is 24.3 Å². The lowest BCUT2D eigenvalue weighted by Crippen LogP contribution is -2.19. The molecule has 1 aromatic rings. The van der Waals surface area contributed by atoms with E-state index in [4.69, 9.17) is 10.5 Å². The average molecular weight is 255 g/mol. The maximum atomic E-state index is 10.8. The number of hydrogen-bond donors (Lipinski definition) is 1. The van der Waals surface area contributed by atoms with Crippen molar-refractivity contribution in [3.8, 4) is 0 Å². The highest BCUT2D eigenvalue weighted by atomic mass is 79.9. The zero-order chi connectivity index (χ0) is 10.1. The molecule has 1 atom stereocenters. The van der Waals surface area contributed by atoms with Crippen molar-refractivity contribution in [2.75, 3.05) is 0 Å². The first-order valence-electron chi connectivity index (χ1n) is 3.97. The van der Waals surface area contributed by atoms with E-state index in [9.17, 15) is 4.79 Å². The largest absolute Gasteiger partial charge is 0.436 e. The van der Waals surface area contributed by atoms with Gasteiger partial charge >= 0.3 is 6.09 Å². The minimum absolute atomic E-state index is 0.196. The number of hydrogen-bond acceptors (Lipinski definition) is 3. The van der Waals surface area contributed by atoms with E-state index in [-0.39, 0.29) is 5.84 Å². The van der Waals surface area contributed by atoms with E-state index in [2.05, 4.69) is 20.9 Å². The Bertz CT molecular complexity index is 417. The molecule has 1 unspecified atom stereocenters. The predicted octanol–water partition coefficient (Wildman–Crippen LogP) is 2.00. The number of amidine groups is 1. The fourth-order valence-corrected chi connectivity index (χ4v) is 1.75. The third kappa shape index (κ3) is 1.50. The van der Waals surface area contributed by atoms with Gasteiger partial charge in [-0.15, -0.1) is 0 Å². The number of halogens is 1. The van der Waals surface area contributed by atoms with Gasteiger partial charge in [0.15, 0.2) is 11.9 Å². The van der Waals surface area contributed by atoms with Crippen molar-refractivity contribution in [3.63, 3.8) is 0 Å². The van der Waals surface area contributed by atoms with E-state index < -0.39 is 12.2 Å². The minimum atomic E-state index is -0.636. The lowest BCUT2D eigenvalue weighted by molar-refractivity contribution is 0.149. The molecule has 1 amide bonds. The Balaban J connectivity index is 2.38. The number of carbonyl (C=O) groups excluding carboxylic acids is 1. The molecular formula is C9H7BrN2O2. The highest BCUT2D eigenvalue weighted by Gasteiger charge is 2.28. The molecule has 0 saturated carbocycles. The zero-order valence-electron chi connectivity index (χ0n) is 7.11. The van der Waals surface area contributed by atoms with Crippen LogP contribution in [0.1, 0.15) is 11.7 Å². The summed E-state index contributed by atoms with van der Waals surface area (Å²) in [5.41, 5.74) is 6.36. The average Bonchev–Trinajstić information content (AvgIpc) is 2.46. The third-order valence-electron chi connectivity index (χ3n) is 1.90. The van der Waals surface area contributed by atoms with E-state index in [1.165, 1.54) is 0 Å². The molecule has 14 heavy (non-hydrogen) atoms. The summed E-state index contributed by atoms with van der Waals surface area (Å²) in [6.45, 7) is 0. The Labute approximate surface area is 88.9 Å². The van der Waals surface area contributed by atoms with Crippen LogP contribution in [-0.2, 0) is 4.74 Å². The molecule has 0 spiro atoms. The van der Waals surface area contributed by atoms with Gasteiger partial charge in [0, 0.05) is 10.0 Å². The van der Waals surface area contributed by atoms with Gasteiger partial charge in [0.1, 0.15) is 0 Å². The minimum Gasteiger partial charge on any atom is -0.431 e. The predicted molar refractivity (Wildman–Crippen MR) is 55.0 cm³/mol. The van der Waals surface area contributed by atoms with Crippen LogP contribution < -0.4 is 5.73 Å². The second-order valence-corrected chi connectivity index (χ2v) is 3.68. The van der Waals surface area contributed by atoms with Crippen LogP contribution in [-0.4, -0.2) is 11.9 Å². The number of carbonyl (C=O) groups is 1. The van der Waals surface area contributed by atoms with Crippen molar-refractivity contribution in [1.82, 2.24) is 0 Å². The van der Waals surface area contributed by atoms with Crippen LogP contribution in [0.25, 0.3) is 0 Å². The van der Waals surface area contributed by atoms with Crippen molar-refractivity contribution in [3.05, 3.63) is 34.3 Å². The summed E-state index contributed by atoms with van der Waals surface area (Å²) in [6.07, 6.45) is -1.19. The van der Waals surface area contributed by atoms with Gasteiger partial charge in [-0.25, -0.2) is 4.79 Å². The first-order chi connectivity index (χ1) is 6.68. The van der Waals surface area contributed by atoms with Gasteiger partial charge in [-0.1, -0.05) is 34.1 Å². The second kappa shape index (κ2) is 3.42. The summed E-state index contributed by atoms with van der Waals surface area (Å²) in [4.78, 5) is 14.3. The first kappa shape index (κ1) is 9.21. The van der Waals surface area contributed by atoms with Crippen LogP contribution in [0.4, 0.5) is 4.79 Å². The number of rotatable bonds is 1. The molecular weight excluding hydrogens is 248 g/mol. The van der Waals surface area contributed by atoms with Gasteiger partial charge in [0.2, 0.25) is 0 Å². The van der Waals surface area contributed by atoms with Crippen LogP contribution >= 0.6 is 15.9 Å². The monoisotopic (exact) mass is 254 g/mol. The lowest BCUT2D eigenvalue weighted by Gasteiger charge is -2.11. The van der Waals surface area contributed by atoms with E-state index in [0.29, 0.717) is 0 Å². The summed E-state index contributed by atoms with van der Waals surface area (Å²) >= 11 is 3.35. The number of amides is 1. The standard InChI is InChI=1S/C9H7BrN2O2/c10-6-4-2-1-3-5(6)7-8(11)12-9(13)14-7/h1-4,7H,(H2,11,12,13). The van der Waals surface area contributed by atoms with E-state index in [1.54, 1.807) is 0 Å². The molecule has 5 heteroatoms. The molecule has 0 aliphatic carbocycles. The molecule has 0 radical (unpaired) electrons. The molecule has 0 bridgehead atoms. The first-order valence-corrected chi connectivity index (χ1v) is 4.77. The van der Waals surface area contributed by atoms with Gasteiger partial charge in [0.25, 0.3) is 0 Å². The third-order valence-corrected chi connectivity index (χ3v) is 2.62. The number of aliphatic imine (C=N–C) groups is 1. The number of nitrogens with two attached hydrogens (primary N) is 1. The lowest BCUT2D eigenvalue weighted by atomic mass is 10.1. The van der Waals surface area contributed by atoms with Crippen molar-refractivity contribution in [2.45, 2.75) is 6.10 Å².